The molecule has 3 heterocycles. The molecule has 0 saturated heterocycles. The van der Waals surface area contributed by atoms with E-state index < -0.39 is 23.7 Å². The highest BCUT2D eigenvalue weighted by Crippen LogP contribution is 2.16. The molecule has 3 rings (SSSR count). The number of hydrogen-bond donors (Lipinski definition) is 5. The number of aryl methyl sites for hydroxylation is 3. The Morgan fingerprint density at radius 3 is 2.05 bits per heavy atom. The highest BCUT2D eigenvalue weighted by molar-refractivity contribution is 6.04. The van der Waals surface area contributed by atoms with Crippen LogP contribution >= 0.6 is 0 Å². The Balaban J connectivity index is 1.51. The number of carbonyl (C=O) groups excluding carboxylic acids is 5. The molecule has 16 nitrogen and oxygen atoms in total. The number of nitrogens with zero attached hydrogens (tertiary/aromatic N) is 5. The Morgan fingerprint density at radius 1 is 0.821 bits per heavy atom. The lowest BCUT2D eigenvalue weighted by atomic mass is 10.3. The molecular weight excluding hydrogens is 512 g/mol. The van der Waals surface area contributed by atoms with Gasteiger partial charge < -0.3 is 45.4 Å². The highest BCUT2D eigenvalue weighted by atomic mass is 16.5. The lowest BCUT2D eigenvalue weighted by Crippen LogP contribution is -2.29. The molecule has 6 N–H and O–H groups in total. The van der Waals surface area contributed by atoms with Crippen molar-refractivity contribution in [1.82, 2.24) is 34.3 Å². The summed E-state index contributed by atoms with van der Waals surface area (Å²) in [6, 6.07) is 1.48. The molecule has 3 aromatic heterocycles. The normalized spacial score (nSPS) is 10.6. The van der Waals surface area contributed by atoms with Gasteiger partial charge in [-0.2, -0.15) is 0 Å². The van der Waals surface area contributed by atoms with E-state index in [2.05, 4.69) is 36.0 Å². The average Bonchev–Trinajstić information content (AvgIpc) is 3.53. The molecule has 0 aliphatic heterocycles. The Hall–Kier alpha value is -5.15. The van der Waals surface area contributed by atoms with Crippen LogP contribution in [0.2, 0.25) is 0 Å². The average molecular weight is 543 g/mol. The smallest absolute Gasteiger partial charge is 0.307 e. The predicted octanol–water partition coefficient (Wildman–Crippen LogP) is -0.622. The van der Waals surface area contributed by atoms with E-state index in [1.54, 1.807) is 27.3 Å². The molecule has 16 heteroatoms. The maximum absolute atomic E-state index is 12.8. The van der Waals surface area contributed by atoms with Gasteiger partial charge in [-0.15, -0.1) is 0 Å². The number of ether oxygens (including phenoxy) is 1. The number of methoxy groups -OCH3 is 1. The fourth-order valence-electron chi connectivity index (χ4n) is 3.53. The van der Waals surface area contributed by atoms with Crippen LogP contribution in [0.25, 0.3) is 0 Å². The van der Waals surface area contributed by atoms with Crippen molar-refractivity contribution in [3.63, 3.8) is 0 Å². The molecule has 0 atom stereocenters. The number of rotatable bonds is 11. The summed E-state index contributed by atoms with van der Waals surface area (Å²) < 4.78 is 8.95. The third-order valence-corrected chi connectivity index (χ3v) is 5.42. The third-order valence-electron chi connectivity index (χ3n) is 5.42. The highest BCUT2D eigenvalue weighted by Gasteiger charge is 2.19. The molecule has 39 heavy (non-hydrogen) atoms. The van der Waals surface area contributed by atoms with Crippen molar-refractivity contribution >= 4 is 46.9 Å². The number of hydrogen-bond acceptors (Lipinski definition) is 9. The predicted molar refractivity (Wildman–Crippen MR) is 139 cm³/mol. The Kier molecular flexibility index (Phi) is 9.03. The molecule has 0 radical (unpaired) electrons. The van der Waals surface area contributed by atoms with Gasteiger partial charge in [-0.25, -0.2) is 9.97 Å². The van der Waals surface area contributed by atoms with Crippen LogP contribution in [0.1, 0.15) is 44.6 Å². The van der Waals surface area contributed by atoms with Crippen molar-refractivity contribution in [3.05, 3.63) is 42.0 Å². The van der Waals surface area contributed by atoms with Gasteiger partial charge in [-0.3, -0.25) is 24.0 Å². The molecule has 3 aromatic rings. The van der Waals surface area contributed by atoms with Gasteiger partial charge in [-0.1, -0.05) is 0 Å². The summed E-state index contributed by atoms with van der Waals surface area (Å²) in [7, 11) is 6.10. The van der Waals surface area contributed by atoms with Crippen molar-refractivity contribution in [2.45, 2.75) is 12.8 Å². The minimum atomic E-state index is -0.522. The molecule has 0 aliphatic carbocycles. The minimum Gasteiger partial charge on any atom is -0.469 e. The van der Waals surface area contributed by atoms with Crippen molar-refractivity contribution in [2.75, 3.05) is 36.6 Å². The Morgan fingerprint density at radius 2 is 1.44 bits per heavy atom. The van der Waals surface area contributed by atoms with E-state index >= 15 is 0 Å². The zero-order valence-electron chi connectivity index (χ0n) is 21.9. The summed E-state index contributed by atoms with van der Waals surface area (Å²) >= 11 is 0. The van der Waals surface area contributed by atoms with E-state index in [1.165, 1.54) is 39.3 Å². The first-order valence-corrected chi connectivity index (χ1v) is 11.7. The van der Waals surface area contributed by atoms with Crippen LogP contribution in [-0.4, -0.2) is 73.5 Å². The lowest BCUT2D eigenvalue weighted by Gasteiger charge is -2.05. The van der Waals surface area contributed by atoms with Crippen molar-refractivity contribution in [2.24, 2.45) is 21.1 Å². The maximum Gasteiger partial charge on any atom is 0.307 e. The van der Waals surface area contributed by atoms with Gasteiger partial charge >= 0.3 is 5.97 Å². The Bertz CT molecular complexity index is 1400. The summed E-state index contributed by atoms with van der Waals surface area (Å²) in [5, 5.41) is 10.4. The van der Waals surface area contributed by atoms with Gasteiger partial charge in [0.15, 0.2) is 5.82 Å². The summed E-state index contributed by atoms with van der Waals surface area (Å²) in [5.74, 6) is -1.82. The van der Waals surface area contributed by atoms with Gasteiger partial charge in [0.2, 0.25) is 17.6 Å². The monoisotopic (exact) mass is 542 g/mol. The van der Waals surface area contributed by atoms with Gasteiger partial charge in [0.05, 0.1) is 19.2 Å². The van der Waals surface area contributed by atoms with Gasteiger partial charge in [0.25, 0.3) is 17.7 Å². The number of nitrogens with one attached hydrogen (secondary N) is 4. The Labute approximate surface area is 222 Å². The lowest BCUT2D eigenvalue weighted by molar-refractivity contribution is -0.140. The SMILES string of the molecule is COC(=O)CCNC(=O)c1nc(NC(=O)c2cc(NC(=O)CCNC(=O)c3nc(N)cn3C)cn2C)cn1C. The van der Waals surface area contributed by atoms with Crippen LogP contribution in [0.15, 0.2) is 24.7 Å². The summed E-state index contributed by atoms with van der Waals surface area (Å²) in [4.78, 5) is 68.9. The van der Waals surface area contributed by atoms with E-state index in [1.807, 2.05) is 0 Å². The molecule has 0 unspecified atom stereocenters. The zero-order valence-corrected chi connectivity index (χ0v) is 21.9. The standard InChI is InChI=1S/C23H30N10O6/c1-31-10-13(27-17(34)5-7-25-22(37)19-28-15(24)11-32(19)2)9-14(31)21(36)30-16-12-33(3)20(29-16)23(38)26-8-6-18(35)39-4/h9-12H,5-8,24H2,1-4H3,(H,25,37)(H,26,38)(H,27,34)(H,30,36). The van der Waals surface area contributed by atoms with Crippen LogP contribution < -0.4 is 27.0 Å². The molecule has 0 aliphatic rings. The number of esters is 1. The first-order chi connectivity index (χ1) is 18.5. The van der Waals surface area contributed by atoms with Crippen LogP contribution in [0.5, 0.6) is 0 Å². The molecule has 0 spiro atoms. The first-order valence-electron chi connectivity index (χ1n) is 11.7. The summed E-state index contributed by atoms with van der Waals surface area (Å²) in [6.07, 6.45) is 4.52. The van der Waals surface area contributed by atoms with E-state index in [4.69, 9.17) is 5.73 Å². The van der Waals surface area contributed by atoms with Crippen LogP contribution in [0, 0.1) is 0 Å². The largest absolute Gasteiger partial charge is 0.469 e. The molecule has 0 bridgehead atoms. The number of amides is 4. The van der Waals surface area contributed by atoms with E-state index in [0.717, 1.165) is 0 Å². The van der Waals surface area contributed by atoms with E-state index in [9.17, 15) is 24.0 Å². The second kappa shape index (κ2) is 12.4. The van der Waals surface area contributed by atoms with E-state index in [-0.39, 0.29) is 60.8 Å². The molecule has 0 fully saturated rings. The first kappa shape index (κ1) is 28.4. The zero-order chi connectivity index (χ0) is 28.7. The van der Waals surface area contributed by atoms with Crippen molar-refractivity contribution in [1.29, 1.82) is 0 Å². The summed E-state index contributed by atoms with van der Waals surface area (Å²) in [5.41, 5.74) is 6.17. The van der Waals surface area contributed by atoms with Gasteiger partial charge in [0.1, 0.15) is 11.5 Å². The van der Waals surface area contributed by atoms with Gasteiger partial charge in [-0.05, 0) is 6.07 Å². The second-order valence-electron chi connectivity index (χ2n) is 8.48. The minimum absolute atomic E-state index is 0.0118. The van der Waals surface area contributed by atoms with Crippen LogP contribution in [0.3, 0.4) is 0 Å². The number of imidazole rings is 2. The molecule has 4 amide bonds. The summed E-state index contributed by atoms with van der Waals surface area (Å²) in [6.45, 7) is 0.138. The molecule has 0 aromatic carbocycles. The fourth-order valence-corrected chi connectivity index (χ4v) is 3.53. The number of carbonyl (C=O) groups is 5. The van der Waals surface area contributed by atoms with Gasteiger partial charge in [0, 0.05) is 59.2 Å². The topological polar surface area (TPSA) is 209 Å². The number of aromatic nitrogens is 5. The van der Waals surface area contributed by atoms with E-state index in [0.29, 0.717) is 5.69 Å². The number of nitrogens with two attached hydrogens (primary N) is 1. The molecule has 0 saturated carbocycles. The molecular formula is C23H30N10O6. The molecule has 208 valence electrons. The number of nitrogen functional groups attached to an aromatic ring is 1. The number of anilines is 3. The van der Waals surface area contributed by atoms with Crippen LogP contribution in [-0.2, 0) is 35.5 Å². The second-order valence-corrected chi connectivity index (χ2v) is 8.48. The van der Waals surface area contributed by atoms with Crippen molar-refractivity contribution < 1.29 is 28.7 Å². The third kappa shape index (κ3) is 7.43. The fraction of sp³-hybridized carbons (Fsp3) is 0.348. The van der Waals surface area contributed by atoms with Crippen LogP contribution in [0.4, 0.5) is 17.3 Å². The van der Waals surface area contributed by atoms with Crippen molar-refractivity contribution in [3.8, 4) is 0 Å². The maximum atomic E-state index is 12.8. The quantitative estimate of drug-likeness (QED) is 0.195.